The van der Waals surface area contributed by atoms with E-state index in [1.54, 1.807) is 6.92 Å². The molecule has 0 unspecified atom stereocenters. The van der Waals surface area contributed by atoms with Crippen LogP contribution in [0.2, 0.25) is 0 Å². The second-order valence-corrected chi connectivity index (χ2v) is 2.80. The summed E-state index contributed by atoms with van der Waals surface area (Å²) in [5, 5.41) is 0. The van der Waals surface area contributed by atoms with Crippen LogP contribution in [0.15, 0.2) is 11.9 Å². The smallest absolute Gasteiger partial charge is 0.367 e. The first kappa shape index (κ1) is 13.6. The molecule has 0 spiro atoms. The van der Waals surface area contributed by atoms with E-state index in [0.29, 0.717) is 18.9 Å². The molecule has 0 heterocycles. The van der Waals surface area contributed by atoms with Crippen LogP contribution in [-0.4, -0.2) is 25.2 Å². The van der Waals surface area contributed by atoms with Gasteiger partial charge in [0.15, 0.2) is 0 Å². The lowest BCUT2D eigenvalue weighted by molar-refractivity contribution is -0.142. The van der Waals surface area contributed by atoms with E-state index in [1.165, 1.54) is 0 Å². The lowest BCUT2D eigenvalue weighted by Gasteiger charge is -2.00. The molecule has 4 nitrogen and oxygen atoms in total. The van der Waals surface area contributed by atoms with Crippen LogP contribution in [0.1, 0.15) is 26.7 Å². The normalized spacial score (nSPS) is 11.0. The summed E-state index contributed by atoms with van der Waals surface area (Å²) in [6.07, 6.45) is 1.73. The van der Waals surface area contributed by atoms with Gasteiger partial charge in [-0.25, -0.2) is 9.59 Å². The monoisotopic (exact) mass is 218 g/mol. The predicted octanol–water partition coefficient (Wildman–Crippen LogP) is 1.75. The minimum Gasteiger partial charge on any atom is -0.462 e. The average molecular weight is 218 g/mol. The molecular formula is C10H15FO4. The molecular weight excluding hydrogens is 203 g/mol. The number of halogens is 1. The highest BCUT2D eigenvalue weighted by atomic mass is 19.1. The Morgan fingerprint density at radius 2 is 1.67 bits per heavy atom. The minimum atomic E-state index is -1.23. The fourth-order valence-electron chi connectivity index (χ4n) is 0.670. The lowest BCUT2D eigenvalue weighted by Crippen LogP contribution is -2.09. The first-order chi connectivity index (χ1) is 7.11. The van der Waals surface area contributed by atoms with Gasteiger partial charge in [0.05, 0.1) is 19.3 Å². The zero-order valence-electron chi connectivity index (χ0n) is 8.92. The highest BCUT2D eigenvalue weighted by Crippen LogP contribution is 2.01. The maximum absolute atomic E-state index is 12.9. The average Bonchev–Trinajstić information content (AvgIpc) is 2.22. The number of esters is 2. The van der Waals surface area contributed by atoms with E-state index >= 15 is 0 Å². The summed E-state index contributed by atoms with van der Waals surface area (Å²) in [5.74, 6) is -3.24. The molecule has 0 aliphatic heterocycles. The molecule has 0 fully saturated rings. The summed E-state index contributed by atoms with van der Waals surface area (Å²) in [6.45, 7) is 3.92. The highest BCUT2D eigenvalue weighted by Gasteiger charge is 2.12. The maximum Gasteiger partial charge on any atom is 0.367 e. The first-order valence-electron chi connectivity index (χ1n) is 4.82. The lowest BCUT2D eigenvalue weighted by atomic mass is 10.4. The highest BCUT2D eigenvalue weighted by molar-refractivity contribution is 5.94. The van der Waals surface area contributed by atoms with E-state index in [4.69, 9.17) is 0 Å². The number of hydrogen-bond acceptors (Lipinski definition) is 4. The van der Waals surface area contributed by atoms with Crippen LogP contribution in [0.3, 0.4) is 0 Å². The van der Waals surface area contributed by atoms with Crippen LogP contribution in [0, 0.1) is 0 Å². The summed E-state index contributed by atoms with van der Waals surface area (Å²) in [4.78, 5) is 21.7. The molecule has 0 atom stereocenters. The van der Waals surface area contributed by atoms with Crippen molar-refractivity contribution in [1.29, 1.82) is 0 Å². The maximum atomic E-state index is 12.9. The molecule has 0 radical (unpaired) electrons. The van der Waals surface area contributed by atoms with Crippen molar-refractivity contribution in [2.45, 2.75) is 26.7 Å². The molecule has 0 aromatic rings. The third-order valence-electron chi connectivity index (χ3n) is 1.33. The molecule has 0 N–H and O–H groups in total. The third-order valence-corrected chi connectivity index (χ3v) is 1.33. The van der Waals surface area contributed by atoms with Crippen LogP contribution in [0.25, 0.3) is 0 Å². The third kappa shape index (κ3) is 6.65. The number of rotatable bonds is 6. The van der Waals surface area contributed by atoms with E-state index in [0.717, 1.165) is 0 Å². The quantitative estimate of drug-likeness (QED) is 0.503. The first-order valence-corrected chi connectivity index (χ1v) is 4.82. The number of carbonyl (C=O) groups excluding carboxylic acids is 2. The van der Waals surface area contributed by atoms with Crippen molar-refractivity contribution in [3.63, 3.8) is 0 Å². The van der Waals surface area contributed by atoms with Gasteiger partial charge in [0.1, 0.15) is 0 Å². The Kier molecular flexibility index (Phi) is 7.23. The van der Waals surface area contributed by atoms with Crippen molar-refractivity contribution in [1.82, 2.24) is 0 Å². The van der Waals surface area contributed by atoms with Gasteiger partial charge in [-0.05, 0) is 12.8 Å². The summed E-state index contributed by atoms with van der Waals surface area (Å²) < 4.78 is 21.9. The summed E-state index contributed by atoms with van der Waals surface area (Å²) in [5.41, 5.74) is 0. The molecule has 0 bridgehead atoms. The molecule has 0 aromatic carbocycles. The van der Waals surface area contributed by atoms with Gasteiger partial charge in [-0.1, -0.05) is 13.8 Å². The molecule has 86 valence electrons. The molecule has 0 saturated heterocycles. The molecule has 0 aromatic heterocycles. The zero-order chi connectivity index (χ0) is 11.7. The zero-order valence-corrected chi connectivity index (χ0v) is 8.92. The SMILES string of the molecule is CCCOC(=O)/C=C(\F)C(=O)OCCC. The van der Waals surface area contributed by atoms with Gasteiger partial charge in [0.25, 0.3) is 0 Å². The Labute approximate surface area is 88.0 Å². The van der Waals surface area contributed by atoms with Gasteiger partial charge in [-0.15, -0.1) is 0 Å². The van der Waals surface area contributed by atoms with Crippen LogP contribution in [-0.2, 0) is 19.1 Å². The van der Waals surface area contributed by atoms with E-state index in [2.05, 4.69) is 9.47 Å². The second kappa shape index (κ2) is 7.96. The Balaban J connectivity index is 4.05. The number of ether oxygens (including phenoxy) is 2. The number of carbonyl (C=O) groups is 2. The van der Waals surface area contributed by atoms with E-state index < -0.39 is 17.8 Å². The van der Waals surface area contributed by atoms with Crippen molar-refractivity contribution < 1.29 is 23.5 Å². The Morgan fingerprint density at radius 1 is 1.13 bits per heavy atom. The Morgan fingerprint density at radius 3 is 2.20 bits per heavy atom. The topological polar surface area (TPSA) is 52.6 Å². The van der Waals surface area contributed by atoms with Gasteiger partial charge in [0.2, 0.25) is 5.83 Å². The van der Waals surface area contributed by atoms with Gasteiger partial charge in [0, 0.05) is 0 Å². The van der Waals surface area contributed by atoms with Crippen LogP contribution in [0.4, 0.5) is 4.39 Å². The summed E-state index contributed by atoms with van der Waals surface area (Å²) in [7, 11) is 0. The van der Waals surface area contributed by atoms with Gasteiger partial charge in [-0.3, -0.25) is 0 Å². The molecule has 0 rings (SSSR count). The molecule has 0 aliphatic carbocycles. The molecule has 15 heavy (non-hydrogen) atoms. The Bertz CT molecular complexity index is 248. The number of hydrogen-bond donors (Lipinski definition) is 0. The van der Waals surface area contributed by atoms with Crippen molar-refractivity contribution in [2.75, 3.05) is 13.2 Å². The van der Waals surface area contributed by atoms with Crippen molar-refractivity contribution in [3.8, 4) is 0 Å². The van der Waals surface area contributed by atoms with Crippen LogP contribution >= 0.6 is 0 Å². The van der Waals surface area contributed by atoms with E-state index in [-0.39, 0.29) is 13.2 Å². The Hall–Kier alpha value is -1.39. The van der Waals surface area contributed by atoms with Gasteiger partial charge >= 0.3 is 11.9 Å². The molecule has 5 heteroatoms. The van der Waals surface area contributed by atoms with Crippen LogP contribution in [0.5, 0.6) is 0 Å². The molecule has 0 saturated carbocycles. The van der Waals surface area contributed by atoms with E-state index in [1.807, 2.05) is 6.92 Å². The fraction of sp³-hybridized carbons (Fsp3) is 0.600. The predicted molar refractivity (Wildman–Crippen MR) is 51.7 cm³/mol. The fourth-order valence-corrected chi connectivity index (χ4v) is 0.670. The summed E-state index contributed by atoms with van der Waals surface area (Å²) >= 11 is 0. The van der Waals surface area contributed by atoms with Crippen molar-refractivity contribution >= 4 is 11.9 Å². The van der Waals surface area contributed by atoms with Gasteiger partial charge < -0.3 is 9.47 Å². The van der Waals surface area contributed by atoms with Crippen molar-refractivity contribution in [2.24, 2.45) is 0 Å². The van der Waals surface area contributed by atoms with Gasteiger partial charge in [-0.2, -0.15) is 4.39 Å². The molecule has 0 amide bonds. The minimum absolute atomic E-state index is 0.129. The molecule has 0 aliphatic rings. The van der Waals surface area contributed by atoms with E-state index in [9.17, 15) is 14.0 Å². The summed E-state index contributed by atoms with van der Waals surface area (Å²) in [6, 6.07) is 0. The van der Waals surface area contributed by atoms with Crippen molar-refractivity contribution in [3.05, 3.63) is 11.9 Å². The largest absolute Gasteiger partial charge is 0.462 e. The standard InChI is InChI=1S/C10H15FO4/c1-3-5-14-9(12)7-8(11)10(13)15-6-4-2/h7H,3-6H2,1-2H3/b8-7-. The second-order valence-electron chi connectivity index (χ2n) is 2.80. The van der Waals surface area contributed by atoms with Crippen LogP contribution < -0.4 is 0 Å².